The van der Waals surface area contributed by atoms with Crippen molar-refractivity contribution in [2.75, 3.05) is 11.9 Å². The minimum Gasteiger partial charge on any atom is -0.341 e. The van der Waals surface area contributed by atoms with Crippen molar-refractivity contribution in [3.8, 4) is 12.3 Å². The number of benzene rings is 1. The Hall–Kier alpha value is -2.54. The fourth-order valence-electron chi connectivity index (χ4n) is 2.28. The highest BCUT2D eigenvalue weighted by Crippen LogP contribution is 2.22. The van der Waals surface area contributed by atoms with E-state index in [1.54, 1.807) is 24.3 Å². The van der Waals surface area contributed by atoms with E-state index in [2.05, 4.69) is 22.6 Å². The summed E-state index contributed by atoms with van der Waals surface area (Å²) in [6.45, 7) is 0.161. The number of hydrogen-bond acceptors (Lipinski definition) is 2. The Labute approximate surface area is 124 Å². The molecule has 0 saturated heterocycles. The fraction of sp³-hybridized carbons (Fsp3) is 0.294. The van der Waals surface area contributed by atoms with Crippen molar-refractivity contribution < 1.29 is 9.59 Å². The number of nitrogens with one attached hydrogen (secondary N) is 2. The van der Waals surface area contributed by atoms with Gasteiger partial charge in [-0.05, 0) is 31.4 Å². The largest absolute Gasteiger partial charge is 0.341 e. The van der Waals surface area contributed by atoms with Crippen LogP contribution >= 0.6 is 0 Å². The third-order valence-electron chi connectivity index (χ3n) is 3.42. The Balaban J connectivity index is 2.09. The third-order valence-corrected chi connectivity index (χ3v) is 3.42. The molecule has 0 aliphatic heterocycles. The first-order valence-electron chi connectivity index (χ1n) is 6.99. The summed E-state index contributed by atoms with van der Waals surface area (Å²) in [4.78, 5) is 24.3. The van der Waals surface area contributed by atoms with Gasteiger partial charge in [0.1, 0.15) is 0 Å². The fourth-order valence-corrected chi connectivity index (χ4v) is 2.28. The van der Waals surface area contributed by atoms with Crippen LogP contribution in [-0.2, 0) is 4.79 Å². The van der Waals surface area contributed by atoms with Crippen molar-refractivity contribution in [1.82, 2.24) is 5.32 Å². The molecule has 4 nitrogen and oxygen atoms in total. The predicted molar refractivity (Wildman–Crippen MR) is 82.7 cm³/mol. The van der Waals surface area contributed by atoms with E-state index >= 15 is 0 Å². The van der Waals surface area contributed by atoms with Gasteiger partial charge >= 0.3 is 0 Å². The number of terminal acetylenes is 1. The molecule has 2 rings (SSSR count). The summed E-state index contributed by atoms with van der Waals surface area (Å²) >= 11 is 0. The molecule has 1 aromatic rings. The first-order valence-corrected chi connectivity index (χ1v) is 6.99. The third kappa shape index (κ3) is 3.96. The second-order valence-electron chi connectivity index (χ2n) is 4.90. The van der Waals surface area contributed by atoms with Crippen LogP contribution in [0.1, 0.15) is 29.6 Å². The van der Waals surface area contributed by atoms with E-state index < -0.39 is 0 Å². The second kappa shape index (κ2) is 7.30. The summed E-state index contributed by atoms with van der Waals surface area (Å²) in [5.74, 6) is 1.99. The van der Waals surface area contributed by atoms with Gasteiger partial charge in [-0.2, -0.15) is 0 Å². The quantitative estimate of drug-likeness (QED) is 0.658. The maximum atomic E-state index is 12.2. The van der Waals surface area contributed by atoms with Crippen molar-refractivity contribution in [2.45, 2.75) is 19.3 Å². The first kappa shape index (κ1) is 14.9. The Kier molecular flexibility index (Phi) is 5.16. The smallest absolute Gasteiger partial charge is 0.254 e. The summed E-state index contributed by atoms with van der Waals surface area (Å²) < 4.78 is 0. The van der Waals surface area contributed by atoms with Gasteiger partial charge in [-0.25, -0.2) is 0 Å². The minimum atomic E-state index is -0.285. The molecule has 0 aromatic heterocycles. The van der Waals surface area contributed by atoms with Gasteiger partial charge in [-0.15, -0.1) is 6.42 Å². The molecule has 1 aromatic carbocycles. The first-order chi connectivity index (χ1) is 10.2. The number of rotatable bonds is 4. The van der Waals surface area contributed by atoms with Crippen molar-refractivity contribution in [2.24, 2.45) is 5.92 Å². The zero-order valence-electron chi connectivity index (χ0n) is 11.8. The highest BCUT2D eigenvalue weighted by atomic mass is 16.2. The SMILES string of the molecule is C#CCNC(=O)c1ccccc1NC(=O)C1CC=CCC1. The number of anilines is 1. The normalized spacial score (nSPS) is 16.8. The maximum absolute atomic E-state index is 12.2. The summed E-state index contributed by atoms with van der Waals surface area (Å²) in [7, 11) is 0. The van der Waals surface area contributed by atoms with Crippen LogP contribution < -0.4 is 10.6 Å². The minimum absolute atomic E-state index is 0.0307. The van der Waals surface area contributed by atoms with Crippen molar-refractivity contribution >= 4 is 17.5 Å². The Bertz CT molecular complexity index is 599. The van der Waals surface area contributed by atoms with E-state index in [4.69, 9.17) is 6.42 Å². The van der Waals surface area contributed by atoms with Crippen molar-refractivity contribution in [3.05, 3.63) is 42.0 Å². The standard InChI is InChI=1S/C17H18N2O2/c1-2-12-18-17(21)14-10-6-7-11-15(14)19-16(20)13-8-4-3-5-9-13/h1,3-4,6-7,10-11,13H,5,8-9,12H2,(H,18,21)(H,19,20). The summed E-state index contributed by atoms with van der Waals surface area (Å²) in [5, 5.41) is 5.46. The molecule has 2 amide bonds. The number of para-hydroxylation sites is 1. The summed E-state index contributed by atoms with van der Waals surface area (Å²) in [6.07, 6.45) is 11.8. The molecule has 108 valence electrons. The molecule has 0 radical (unpaired) electrons. The van der Waals surface area contributed by atoms with E-state index in [9.17, 15) is 9.59 Å². The monoisotopic (exact) mass is 282 g/mol. The Morgan fingerprint density at radius 1 is 1.29 bits per heavy atom. The van der Waals surface area contributed by atoms with Gasteiger partial charge in [0.25, 0.3) is 5.91 Å². The van der Waals surface area contributed by atoms with Gasteiger partial charge in [0, 0.05) is 5.92 Å². The molecular formula is C17H18N2O2. The average Bonchev–Trinajstić information content (AvgIpc) is 2.54. The van der Waals surface area contributed by atoms with Gasteiger partial charge in [0.2, 0.25) is 5.91 Å². The summed E-state index contributed by atoms with van der Waals surface area (Å²) in [5.41, 5.74) is 0.944. The molecular weight excluding hydrogens is 264 g/mol. The summed E-state index contributed by atoms with van der Waals surface area (Å²) in [6, 6.07) is 6.93. The van der Waals surface area contributed by atoms with Gasteiger partial charge in [0.15, 0.2) is 0 Å². The predicted octanol–water partition coefficient (Wildman–Crippen LogP) is 2.34. The molecule has 4 heteroatoms. The lowest BCUT2D eigenvalue weighted by Gasteiger charge is -2.18. The zero-order chi connectivity index (χ0) is 15.1. The lowest BCUT2D eigenvalue weighted by Crippen LogP contribution is -2.27. The van der Waals surface area contributed by atoms with E-state index in [0.29, 0.717) is 11.3 Å². The van der Waals surface area contributed by atoms with Gasteiger partial charge in [0.05, 0.1) is 17.8 Å². The van der Waals surface area contributed by atoms with Gasteiger partial charge < -0.3 is 10.6 Å². The molecule has 1 aliphatic carbocycles. The molecule has 1 unspecified atom stereocenters. The van der Waals surface area contributed by atoms with E-state index in [1.165, 1.54) is 0 Å². The topological polar surface area (TPSA) is 58.2 Å². The second-order valence-corrected chi connectivity index (χ2v) is 4.90. The van der Waals surface area contributed by atoms with Crippen LogP contribution in [0.25, 0.3) is 0 Å². The van der Waals surface area contributed by atoms with E-state index in [1.807, 2.05) is 6.08 Å². The number of carbonyl (C=O) groups excluding carboxylic acids is 2. The van der Waals surface area contributed by atoms with Gasteiger partial charge in [-0.3, -0.25) is 9.59 Å². The molecule has 2 N–H and O–H groups in total. The van der Waals surface area contributed by atoms with Crippen LogP contribution in [0.15, 0.2) is 36.4 Å². The van der Waals surface area contributed by atoms with E-state index in [-0.39, 0.29) is 24.3 Å². The lowest BCUT2D eigenvalue weighted by atomic mass is 9.93. The number of carbonyl (C=O) groups is 2. The molecule has 1 aliphatic rings. The van der Waals surface area contributed by atoms with E-state index in [0.717, 1.165) is 19.3 Å². The van der Waals surface area contributed by atoms with Crippen molar-refractivity contribution in [3.63, 3.8) is 0 Å². The van der Waals surface area contributed by atoms with Crippen LogP contribution in [0, 0.1) is 18.3 Å². The number of hydrogen-bond donors (Lipinski definition) is 2. The van der Waals surface area contributed by atoms with Crippen LogP contribution in [0.3, 0.4) is 0 Å². The Morgan fingerprint density at radius 2 is 2.10 bits per heavy atom. The van der Waals surface area contributed by atoms with Crippen LogP contribution in [0.4, 0.5) is 5.69 Å². The average molecular weight is 282 g/mol. The number of allylic oxidation sites excluding steroid dienone is 2. The zero-order valence-corrected chi connectivity index (χ0v) is 11.8. The number of amides is 2. The Morgan fingerprint density at radius 3 is 2.81 bits per heavy atom. The molecule has 1 atom stereocenters. The highest BCUT2D eigenvalue weighted by Gasteiger charge is 2.20. The van der Waals surface area contributed by atoms with Gasteiger partial charge in [-0.1, -0.05) is 30.2 Å². The molecule has 0 bridgehead atoms. The molecule has 0 heterocycles. The van der Waals surface area contributed by atoms with Crippen LogP contribution in [0.2, 0.25) is 0 Å². The molecule has 0 spiro atoms. The van der Waals surface area contributed by atoms with Crippen LogP contribution in [0.5, 0.6) is 0 Å². The maximum Gasteiger partial charge on any atom is 0.254 e. The molecule has 0 fully saturated rings. The lowest BCUT2D eigenvalue weighted by molar-refractivity contribution is -0.120. The molecule has 21 heavy (non-hydrogen) atoms. The highest BCUT2D eigenvalue weighted by molar-refractivity contribution is 6.04. The van der Waals surface area contributed by atoms with Crippen molar-refractivity contribution in [1.29, 1.82) is 0 Å². The molecule has 0 saturated carbocycles. The van der Waals surface area contributed by atoms with Crippen LogP contribution in [-0.4, -0.2) is 18.4 Å².